The lowest BCUT2D eigenvalue weighted by atomic mass is 10.0. The Bertz CT molecular complexity index is 379. The van der Waals surface area contributed by atoms with Gasteiger partial charge in [0.15, 0.2) is 6.29 Å². The smallest absolute Gasteiger partial charge is 0.336 e. The maximum atomic E-state index is 10.8. The van der Waals surface area contributed by atoms with Crippen molar-refractivity contribution in [1.29, 1.82) is 0 Å². The van der Waals surface area contributed by atoms with Crippen molar-refractivity contribution in [2.45, 2.75) is 0 Å². The highest BCUT2D eigenvalue weighted by Crippen LogP contribution is 2.12. The lowest BCUT2D eigenvalue weighted by molar-refractivity contribution is 0.0694. The van der Waals surface area contributed by atoms with Crippen molar-refractivity contribution in [1.82, 2.24) is 0 Å². The predicted molar refractivity (Wildman–Crippen MR) is 47.3 cm³/mol. The van der Waals surface area contributed by atoms with Crippen LogP contribution in [0.2, 0.25) is 0 Å². The monoisotopic (exact) mass is 193 g/mol. The van der Waals surface area contributed by atoms with E-state index in [0.717, 1.165) is 0 Å². The topological polar surface area (TPSA) is 97.5 Å². The summed E-state index contributed by atoms with van der Waals surface area (Å²) in [7, 11) is 0. The van der Waals surface area contributed by atoms with Gasteiger partial charge in [-0.15, -0.1) is 0 Å². The Balaban J connectivity index is 3.47. The lowest BCUT2D eigenvalue weighted by Gasteiger charge is -2.03. The number of carboxylic acids is 1. The van der Waals surface area contributed by atoms with E-state index in [1.54, 1.807) is 0 Å². The fourth-order valence-electron chi connectivity index (χ4n) is 1.09. The second-order valence-electron chi connectivity index (χ2n) is 2.55. The maximum absolute atomic E-state index is 10.8. The van der Waals surface area contributed by atoms with E-state index < -0.39 is 11.9 Å². The number of rotatable bonds is 3. The van der Waals surface area contributed by atoms with Gasteiger partial charge in [-0.2, -0.15) is 0 Å². The van der Waals surface area contributed by atoms with Gasteiger partial charge < -0.3 is 10.8 Å². The maximum Gasteiger partial charge on any atom is 0.336 e. The minimum atomic E-state index is -1.27. The standard InChI is InChI=1S/C9H7NO4/c10-8(12)5-2-1-3-6(9(13)14)7(5)4-11/h1-4H,(H2,10,12)(H,13,14). The molecule has 0 aliphatic heterocycles. The van der Waals surface area contributed by atoms with E-state index in [4.69, 9.17) is 10.8 Å². The van der Waals surface area contributed by atoms with Crippen molar-refractivity contribution in [3.63, 3.8) is 0 Å². The highest BCUT2D eigenvalue weighted by molar-refractivity contribution is 6.06. The first kappa shape index (κ1) is 9.91. The molecule has 1 rings (SSSR count). The van der Waals surface area contributed by atoms with E-state index in [9.17, 15) is 14.4 Å². The Labute approximate surface area is 79.1 Å². The van der Waals surface area contributed by atoms with Gasteiger partial charge in [0.1, 0.15) is 0 Å². The fourth-order valence-corrected chi connectivity index (χ4v) is 1.09. The summed E-state index contributed by atoms with van der Waals surface area (Å²) in [4.78, 5) is 32.1. The molecule has 0 aromatic heterocycles. The Kier molecular flexibility index (Phi) is 2.62. The van der Waals surface area contributed by atoms with Crippen LogP contribution in [-0.2, 0) is 0 Å². The first-order valence-electron chi connectivity index (χ1n) is 3.69. The number of carbonyl (C=O) groups excluding carboxylic acids is 2. The van der Waals surface area contributed by atoms with Crippen molar-refractivity contribution in [3.8, 4) is 0 Å². The third-order valence-corrected chi connectivity index (χ3v) is 1.72. The van der Waals surface area contributed by atoms with Gasteiger partial charge in [0.05, 0.1) is 11.1 Å². The average Bonchev–Trinajstić information content (AvgIpc) is 2.16. The Morgan fingerprint density at radius 3 is 2.29 bits per heavy atom. The fraction of sp³-hybridized carbons (Fsp3) is 0. The molecule has 5 heteroatoms. The molecular weight excluding hydrogens is 186 g/mol. The Morgan fingerprint density at radius 2 is 1.86 bits per heavy atom. The highest BCUT2D eigenvalue weighted by Gasteiger charge is 2.15. The summed E-state index contributed by atoms with van der Waals surface area (Å²) in [6.45, 7) is 0. The zero-order chi connectivity index (χ0) is 10.7. The second-order valence-corrected chi connectivity index (χ2v) is 2.55. The van der Waals surface area contributed by atoms with Crippen LogP contribution < -0.4 is 5.73 Å². The molecule has 1 aromatic rings. The quantitative estimate of drug-likeness (QED) is 0.674. The van der Waals surface area contributed by atoms with Crippen molar-refractivity contribution >= 4 is 18.2 Å². The zero-order valence-electron chi connectivity index (χ0n) is 7.06. The molecular formula is C9H7NO4. The minimum Gasteiger partial charge on any atom is -0.478 e. The molecule has 0 aliphatic carbocycles. The minimum absolute atomic E-state index is 0.0834. The van der Waals surface area contributed by atoms with Crippen LogP contribution in [0, 0.1) is 0 Å². The molecule has 0 saturated heterocycles. The number of amides is 1. The normalized spacial score (nSPS) is 9.43. The van der Waals surface area contributed by atoms with Crippen LogP contribution in [0.5, 0.6) is 0 Å². The zero-order valence-corrected chi connectivity index (χ0v) is 7.06. The van der Waals surface area contributed by atoms with Gasteiger partial charge in [-0.25, -0.2) is 4.79 Å². The lowest BCUT2D eigenvalue weighted by Crippen LogP contribution is -2.16. The average molecular weight is 193 g/mol. The van der Waals surface area contributed by atoms with Gasteiger partial charge in [-0.3, -0.25) is 9.59 Å². The van der Waals surface area contributed by atoms with Crippen LogP contribution in [0.15, 0.2) is 18.2 Å². The molecule has 14 heavy (non-hydrogen) atoms. The van der Waals surface area contributed by atoms with Crippen molar-refractivity contribution in [2.75, 3.05) is 0 Å². The number of benzene rings is 1. The summed E-state index contributed by atoms with van der Waals surface area (Å²) in [6.07, 6.45) is 0.309. The molecule has 0 saturated carbocycles. The molecule has 0 atom stereocenters. The summed E-state index contributed by atoms with van der Waals surface area (Å²) in [5.74, 6) is -2.09. The first-order chi connectivity index (χ1) is 6.57. The Morgan fingerprint density at radius 1 is 1.29 bits per heavy atom. The molecule has 0 fully saturated rings. The highest BCUT2D eigenvalue weighted by atomic mass is 16.4. The second kappa shape index (κ2) is 3.69. The van der Waals surface area contributed by atoms with Gasteiger partial charge >= 0.3 is 5.97 Å². The van der Waals surface area contributed by atoms with Crippen LogP contribution in [0.25, 0.3) is 0 Å². The third kappa shape index (κ3) is 1.61. The first-order valence-corrected chi connectivity index (χ1v) is 3.69. The number of carboxylic acid groups (broad SMARTS) is 1. The largest absolute Gasteiger partial charge is 0.478 e. The summed E-state index contributed by atoms with van der Waals surface area (Å²) in [5, 5.41) is 8.69. The predicted octanol–water partition coefficient (Wildman–Crippen LogP) is 0.296. The molecule has 3 N–H and O–H groups in total. The summed E-state index contributed by atoms with van der Waals surface area (Å²) >= 11 is 0. The number of primary amides is 1. The molecule has 1 amide bonds. The van der Waals surface area contributed by atoms with Crippen molar-refractivity contribution in [2.24, 2.45) is 5.73 Å². The summed E-state index contributed by atoms with van der Waals surface area (Å²) in [6, 6.07) is 3.90. The third-order valence-electron chi connectivity index (χ3n) is 1.72. The van der Waals surface area contributed by atoms with Crippen LogP contribution in [0.3, 0.4) is 0 Å². The molecule has 0 unspecified atom stereocenters. The molecule has 0 radical (unpaired) electrons. The molecule has 0 spiro atoms. The van der Waals surface area contributed by atoms with E-state index in [0.29, 0.717) is 6.29 Å². The molecule has 1 aromatic carbocycles. The van der Waals surface area contributed by atoms with E-state index in [-0.39, 0.29) is 16.7 Å². The van der Waals surface area contributed by atoms with Crippen LogP contribution in [0.1, 0.15) is 31.1 Å². The van der Waals surface area contributed by atoms with Crippen LogP contribution >= 0.6 is 0 Å². The molecule has 0 bridgehead atoms. The van der Waals surface area contributed by atoms with E-state index in [1.165, 1.54) is 18.2 Å². The summed E-state index contributed by atoms with van der Waals surface area (Å²) in [5.41, 5.74) is 4.47. The van der Waals surface area contributed by atoms with Gasteiger partial charge in [0.2, 0.25) is 5.91 Å². The number of hydrogen-bond donors (Lipinski definition) is 2. The van der Waals surface area contributed by atoms with Crippen molar-refractivity contribution in [3.05, 3.63) is 34.9 Å². The van der Waals surface area contributed by atoms with Gasteiger partial charge in [0.25, 0.3) is 0 Å². The summed E-state index contributed by atoms with van der Waals surface area (Å²) < 4.78 is 0. The molecule has 0 aliphatic rings. The van der Waals surface area contributed by atoms with Gasteiger partial charge in [-0.05, 0) is 12.1 Å². The van der Waals surface area contributed by atoms with Crippen LogP contribution in [0.4, 0.5) is 0 Å². The molecule has 0 heterocycles. The number of aromatic carboxylic acids is 1. The van der Waals surface area contributed by atoms with E-state index >= 15 is 0 Å². The number of carbonyl (C=O) groups is 3. The van der Waals surface area contributed by atoms with E-state index in [1.807, 2.05) is 0 Å². The van der Waals surface area contributed by atoms with Crippen LogP contribution in [-0.4, -0.2) is 23.3 Å². The van der Waals surface area contributed by atoms with E-state index in [2.05, 4.69) is 0 Å². The Hall–Kier alpha value is -2.17. The number of aldehydes is 1. The van der Waals surface area contributed by atoms with Crippen molar-refractivity contribution < 1.29 is 19.5 Å². The molecule has 5 nitrogen and oxygen atoms in total. The van der Waals surface area contributed by atoms with Gasteiger partial charge in [-0.1, -0.05) is 6.07 Å². The number of nitrogens with two attached hydrogens (primary N) is 1. The number of hydrogen-bond acceptors (Lipinski definition) is 3. The van der Waals surface area contributed by atoms with Gasteiger partial charge in [0, 0.05) is 5.56 Å². The molecule has 72 valence electrons. The SMILES string of the molecule is NC(=O)c1cccc(C(=O)O)c1C=O.